The normalized spacial score (nSPS) is 10.7. The van der Waals surface area contributed by atoms with E-state index in [1.807, 2.05) is 59.4 Å². The molecule has 0 unspecified atom stereocenters. The lowest BCUT2D eigenvalue weighted by Gasteiger charge is -2.04. The highest BCUT2D eigenvalue weighted by Crippen LogP contribution is 2.22. The summed E-state index contributed by atoms with van der Waals surface area (Å²) in [4.78, 5) is 0. The summed E-state index contributed by atoms with van der Waals surface area (Å²) in [6.07, 6.45) is 1.88. The van der Waals surface area contributed by atoms with Gasteiger partial charge in [-0.2, -0.15) is 0 Å². The van der Waals surface area contributed by atoms with E-state index in [1.165, 1.54) is 11.1 Å². The minimum Gasteiger partial charge on any atom is -0.223 e. The molecule has 74 valence electrons. The summed E-state index contributed by atoms with van der Waals surface area (Å²) in [6.45, 7) is 0. The second-order valence-corrected chi connectivity index (χ2v) is 3.74. The van der Waals surface area contributed by atoms with Crippen molar-refractivity contribution in [1.29, 1.82) is 0 Å². The quantitative estimate of drug-likeness (QED) is 0.584. The maximum atomic E-state index is 4.04. The topological polar surface area (TPSA) is 12.4 Å². The second-order valence-electron chi connectivity index (χ2n) is 3.18. The van der Waals surface area contributed by atoms with Gasteiger partial charge in [0.2, 0.25) is 0 Å². The van der Waals surface area contributed by atoms with Crippen LogP contribution < -0.4 is 0 Å². The lowest BCUT2D eigenvalue weighted by Crippen LogP contribution is -1.86. The van der Waals surface area contributed by atoms with Crippen LogP contribution in [0.2, 0.25) is 0 Å². The Bertz CT molecular complexity index is 463. The van der Waals surface area contributed by atoms with Crippen molar-refractivity contribution in [2.24, 2.45) is 3.21 Å². The van der Waals surface area contributed by atoms with Crippen molar-refractivity contribution in [3.8, 4) is 11.1 Å². The number of rotatable bonds is 2. The summed E-state index contributed by atoms with van der Waals surface area (Å²) >= 11 is 2.00. The molecule has 0 heterocycles. The Morgan fingerprint density at radius 3 is 2.27 bits per heavy atom. The molecule has 0 aliphatic heterocycles. The third kappa shape index (κ3) is 2.45. The van der Waals surface area contributed by atoms with E-state index in [4.69, 9.17) is 0 Å². The van der Waals surface area contributed by atoms with Gasteiger partial charge in [0.25, 0.3) is 0 Å². The standard InChI is InChI=1S/C13H10IN/c14-15-10-12-8-4-5-9-13(12)11-6-2-1-3-7-11/h1-10H/b15-10+. The molecule has 0 bridgehead atoms. The highest BCUT2D eigenvalue weighted by molar-refractivity contribution is 14.1. The van der Waals surface area contributed by atoms with Gasteiger partial charge in [0.05, 0.1) is 22.9 Å². The van der Waals surface area contributed by atoms with E-state index < -0.39 is 0 Å². The average molecular weight is 307 g/mol. The Morgan fingerprint density at radius 1 is 0.867 bits per heavy atom. The van der Waals surface area contributed by atoms with Crippen molar-refractivity contribution in [1.82, 2.24) is 0 Å². The maximum absolute atomic E-state index is 4.04. The second kappa shape index (κ2) is 5.07. The minimum absolute atomic E-state index is 1.15. The van der Waals surface area contributed by atoms with Crippen LogP contribution in [-0.4, -0.2) is 6.21 Å². The van der Waals surface area contributed by atoms with Gasteiger partial charge in [-0.25, -0.2) is 3.21 Å². The lowest BCUT2D eigenvalue weighted by molar-refractivity contribution is 1.60. The van der Waals surface area contributed by atoms with E-state index in [9.17, 15) is 0 Å². The highest BCUT2D eigenvalue weighted by Gasteiger charge is 2.00. The molecule has 0 spiro atoms. The predicted molar refractivity (Wildman–Crippen MR) is 73.5 cm³/mol. The number of benzene rings is 2. The van der Waals surface area contributed by atoms with Crippen LogP contribution in [0, 0.1) is 0 Å². The van der Waals surface area contributed by atoms with E-state index in [0.717, 1.165) is 5.56 Å². The van der Waals surface area contributed by atoms with Gasteiger partial charge in [0.1, 0.15) is 0 Å². The van der Waals surface area contributed by atoms with Crippen LogP contribution in [0.25, 0.3) is 11.1 Å². The molecule has 0 amide bonds. The molecule has 0 aliphatic rings. The van der Waals surface area contributed by atoms with Crippen molar-refractivity contribution in [3.63, 3.8) is 0 Å². The molecule has 0 radical (unpaired) electrons. The van der Waals surface area contributed by atoms with Crippen LogP contribution in [0.3, 0.4) is 0 Å². The molecule has 15 heavy (non-hydrogen) atoms. The van der Waals surface area contributed by atoms with Gasteiger partial charge in [0.15, 0.2) is 0 Å². The zero-order chi connectivity index (χ0) is 10.5. The average Bonchev–Trinajstić information content (AvgIpc) is 2.31. The summed E-state index contributed by atoms with van der Waals surface area (Å²) < 4.78 is 4.04. The first-order valence-electron chi connectivity index (χ1n) is 4.70. The number of hydrogen-bond donors (Lipinski definition) is 0. The molecule has 2 aromatic carbocycles. The summed E-state index contributed by atoms with van der Waals surface area (Å²) in [5, 5.41) is 0. The molecule has 0 saturated heterocycles. The summed E-state index contributed by atoms with van der Waals surface area (Å²) in [6, 6.07) is 18.6. The van der Waals surface area contributed by atoms with Gasteiger partial charge < -0.3 is 0 Å². The van der Waals surface area contributed by atoms with E-state index in [-0.39, 0.29) is 0 Å². The third-order valence-electron chi connectivity index (χ3n) is 2.23. The summed E-state index contributed by atoms with van der Waals surface area (Å²) in [7, 11) is 0. The number of halogens is 1. The fraction of sp³-hybridized carbons (Fsp3) is 0. The fourth-order valence-electron chi connectivity index (χ4n) is 1.54. The first kappa shape index (κ1) is 10.4. The summed E-state index contributed by atoms with van der Waals surface area (Å²) in [5.74, 6) is 0. The zero-order valence-corrected chi connectivity index (χ0v) is 10.3. The van der Waals surface area contributed by atoms with Crippen LogP contribution in [0.4, 0.5) is 0 Å². The number of nitrogens with zero attached hydrogens (tertiary/aromatic N) is 1. The Hall–Kier alpha value is -1.16. The first-order chi connectivity index (χ1) is 7.42. The van der Waals surface area contributed by atoms with Gasteiger partial charge in [-0.1, -0.05) is 54.6 Å². The smallest absolute Gasteiger partial charge is 0.0831 e. The van der Waals surface area contributed by atoms with Gasteiger partial charge >= 0.3 is 0 Å². The van der Waals surface area contributed by atoms with Crippen molar-refractivity contribution >= 4 is 29.1 Å². The van der Waals surface area contributed by atoms with Crippen molar-refractivity contribution in [2.75, 3.05) is 0 Å². The van der Waals surface area contributed by atoms with Gasteiger partial charge in [-0.3, -0.25) is 0 Å². The number of hydrogen-bond acceptors (Lipinski definition) is 1. The van der Waals surface area contributed by atoms with Crippen LogP contribution in [0.1, 0.15) is 5.56 Å². The Balaban J connectivity index is 2.53. The Kier molecular flexibility index (Phi) is 3.50. The molecule has 0 atom stereocenters. The molecule has 2 heteroatoms. The van der Waals surface area contributed by atoms with Gasteiger partial charge in [-0.15, -0.1) is 0 Å². The van der Waals surface area contributed by atoms with Gasteiger partial charge in [-0.05, 0) is 11.1 Å². The monoisotopic (exact) mass is 307 g/mol. The third-order valence-corrected chi connectivity index (χ3v) is 2.51. The molecule has 0 saturated carbocycles. The van der Waals surface area contributed by atoms with Gasteiger partial charge in [0, 0.05) is 11.8 Å². The molecular weight excluding hydrogens is 297 g/mol. The lowest BCUT2D eigenvalue weighted by atomic mass is 10.0. The Morgan fingerprint density at radius 2 is 1.53 bits per heavy atom. The zero-order valence-electron chi connectivity index (χ0n) is 8.10. The molecule has 0 fully saturated rings. The van der Waals surface area contributed by atoms with Crippen LogP contribution in [0.5, 0.6) is 0 Å². The fourth-order valence-corrected chi connectivity index (χ4v) is 1.84. The molecule has 2 rings (SSSR count). The minimum atomic E-state index is 1.15. The van der Waals surface area contributed by atoms with E-state index >= 15 is 0 Å². The molecule has 1 nitrogen and oxygen atoms in total. The first-order valence-corrected chi connectivity index (χ1v) is 5.67. The van der Waals surface area contributed by atoms with Crippen LogP contribution in [-0.2, 0) is 0 Å². The molecule has 2 aromatic rings. The van der Waals surface area contributed by atoms with Crippen molar-refractivity contribution < 1.29 is 0 Å². The van der Waals surface area contributed by atoms with E-state index in [0.29, 0.717) is 0 Å². The largest absolute Gasteiger partial charge is 0.223 e. The van der Waals surface area contributed by atoms with Crippen molar-refractivity contribution in [3.05, 3.63) is 60.2 Å². The van der Waals surface area contributed by atoms with Crippen LogP contribution in [0.15, 0.2) is 57.8 Å². The highest BCUT2D eigenvalue weighted by atomic mass is 127. The van der Waals surface area contributed by atoms with E-state index in [1.54, 1.807) is 0 Å². The molecule has 0 aliphatic carbocycles. The Labute approximate surface area is 103 Å². The van der Waals surface area contributed by atoms with Crippen LogP contribution >= 0.6 is 22.9 Å². The van der Waals surface area contributed by atoms with E-state index in [2.05, 4.69) is 27.5 Å². The molecule has 0 aromatic heterocycles. The molecular formula is C13H10IN. The molecule has 0 N–H and O–H groups in total. The van der Waals surface area contributed by atoms with Crippen molar-refractivity contribution in [2.45, 2.75) is 0 Å². The predicted octanol–water partition coefficient (Wildman–Crippen LogP) is 4.12. The summed E-state index contributed by atoms with van der Waals surface area (Å²) in [5.41, 5.74) is 3.60. The maximum Gasteiger partial charge on any atom is 0.0831 e. The SMILES string of the molecule is I/N=C/c1ccccc1-c1ccccc1.